The Morgan fingerprint density at radius 3 is 2.48 bits per heavy atom. The van der Waals surface area contributed by atoms with Crippen molar-refractivity contribution < 1.29 is 14.6 Å². The van der Waals surface area contributed by atoms with Crippen molar-refractivity contribution >= 4 is 40.1 Å². The van der Waals surface area contributed by atoms with E-state index in [0.717, 1.165) is 0 Å². The molecule has 0 aliphatic heterocycles. The van der Waals surface area contributed by atoms with Gasteiger partial charge in [0.25, 0.3) is 0 Å². The van der Waals surface area contributed by atoms with E-state index in [1.54, 1.807) is 17.6 Å². The topological polar surface area (TPSA) is 51.5 Å². The van der Waals surface area contributed by atoms with Gasteiger partial charge in [-0.2, -0.15) is 0 Å². The highest BCUT2D eigenvalue weighted by Crippen LogP contribution is 2.39. The van der Waals surface area contributed by atoms with Crippen LogP contribution in [-0.2, 0) is 4.74 Å². The second kappa shape index (κ2) is 6.14. The van der Waals surface area contributed by atoms with Crippen LogP contribution < -0.4 is 0 Å². The van der Waals surface area contributed by atoms with Crippen molar-refractivity contribution in [1.29, 1.82) is 0 Å². The third-order valence-corrected chi connectivity index (χ3v) is 4.19. The number of ether oxygens (including phenoxy) is 1. The Hall–Kier alpha value is -2.17. The number of nitrogens with zero attached hydrogens (tertiary/aromatic N) is 1. The van der Waals surface area contributed by atoms with Crippen LogP contribution in [0, 0.1) is 0 Å². The number of halogens is 2. The average molecular weight is 350 g/mol. The molecule has 0 bridgehead atoms. The third kappa shape index (κ3) is 2.64. The fraction of sp³-hybridized carbons (Fsp3) is 0.118. The van der Waals surface area contributed by atoms with Gasteiger partial charge in [0, 0.05) is 11.1 Å². The van der Waals surface area contributed by atoms with Crippen LogP contribution in [-0.4, -0.2) is 22.2 Å². The average Bonchev–Trinajstić information content (AvgIpc) is 2.82. The van der Waals surface area contributed by atoms with Crippen molar-refractivity contribution in [3.63, 3.8) is 0 Å². The summed E-state index contributed by atoms with van der Waals surface area (Å²) >= 11 is 12.1. The lowest BCUT2D eigenvalue weighted by atomic mass is 10.2. The van der Waals surface area contributed by atoms with Crippen LogP contribution in [0.25, 0.3) is 16.6 Å². The summed E-state index contributed by atoms with van der Waals surface area (Å²) in [5.74, 6) is -0.793. The molecule has 0 aliphatic rings. The van der Waals surface area contributed by atoms with E-state index >= 15 is 0 Å². The standard InChI is InChI=1S/C17H13Cl2NO3/c1-2-23-17(22)15-16(21)11-8-12(18)13(19)9-14(11)20(15)10-6-4-3-5-7-10/h3-9,21H,2H2,1H3. The van der Waals surface area contributed by atoms with Gasteiger partial charge in [0.15, 0.2) is 11.4 Å². The van der Waals surface area contributed by atoms with Crippen LogP contribution in [0.4, 0.5) is 0 Å². The first-order valence-electron chi connectivity index (χ1n) is 6.99. The molecule has 2 aromatic carbocycles. The smallest absolute Gasteiger partial charge is 0.359 e. The second-order valence-electron chi connectivity index (χ2n) is 4.87. The molecule has 1 N–H and O–H groups in total. The Balaban J connectivity index is 2.40. The fourth-order valence-corrected chi connectivity index (χ4v) is 2.82. The SMILES string of the molecule is CCOC(=O)c1c(O)c2cc(Cl)c(Cl)cc2n1-c1ccccc1. The molecule has 0 spiro atoms. The maximum absolute atomic E-state index is 12.3. The van der Waals surface area contributed by atoms with Crippen molar-refractivity contribution in [3.8, 4) is 11.4 Å². The van der Waals surface area contributed by atoms with Gasteiger partial charge in [0.2, 0.25) is 0 Å². The number of esters is 1. The second-order valence-corrected chi connectivity index (χ2v) is 5.69. The lowest BCUT2D eigenvalue weighted by Gasteiger charge is -2.10. The van der Waals surface area contributed by atoms with Crippen molar-refractivity contribution in [2.45, 2.75) is 6.92 Å². The van der Waals surface area contributed by atoms with Crippen molar-refractivity contribution in [1.82, 2.24) is 4.57 Å². The number of aromatic nitrogens is 1. The lowest BCUT2D eigenvalue weighted by Crippen LogP contribution is -2.11. The molecule has 1 heterocycles. The number of carbonyl (C=O) groups is 1. The Kier molecular flexibility index (Phi) is 4.20. The molecule has 0 unspecified atom stereocenters. The van der Waals surface area contributed by atoms with E-state index < -0.39 is 5.97 Å². The predicted octanol–water partition coefficient (Wildman–Crippen LogP) is 4.82. The number of aromatic hydroxyl groups is 1. The molecule has 23 heavy (non-hydrogen) atoms. The number of para-hydroxylation sites is 1. The maximum atomic E-state index is 12.3. The van der Waals surface area contributed by atoms with E-state index in [4.69, 9.17) is 27.9 Å². The fourth-order valence-electron chi connectivity index (χ4n) is 2.50. The largest absolute Gasteiger partial charge is 0.505 e. The van der Waals surface area contributed by atoms with Crippen molar-refractivity contribution in [2.24, 2.45) is 0 Å². The molecular formula is C17H13Cl2NO3. The molecule has 0 radical (unpaired) electrons. The molecule has 0 amide bonds. The summed E-state index contributed by atoms with van der Waals surface area (Å²) in [5, 5.41) is 11.6. The first-order valence-corrected chi connectivity index (χ1v) is 7.75. The summed E-state index contributed by atoms with van der Waals surface area (Å²) < 4.78 is 6.69. The molecule has 6 heteroatoms. The van der Waals surface area contributed by atoms with Crippen LogP contribution in [0.15, 0.2) is 42.5 Å². The zero-order valence-electron chi connectivity index (χ0n) is 12.2. The molecule has 1 aromatic heterocycles. The van der Waals surface area contributed by atoms with Gasteiger partial charge in [0.1, 0.15) is 0 Å². The van der Waals surface area contributed by atoms with Gasteiger partial charge >= 0.3 is 5.97 Å². The molecular weight excluding hydrogens is 337 g/mol. The Morgan fingerprint density at radius 1 is 1.17 bits per heavy atom. The highest BCUT2D eigenvalue weighted by Gasteiger charge is 2.25. The molecule has 118 valence electrons. The Morgan fingerprint density at radius 2 is 1.83 bits per heavy atom. The van der Waals surface area contributed by atoms with Gasteiger partial charge in [0.05, 0.1) is 22.2 Å². The minimum atomic E-state index is -0.614. The molecule has 0 saturated heterocycles. The van der Waals surface area contributed by atoms with Gasteiger partial charge in [-0.05, 0) is 31.2 Å². The van der Waals surface area contributed by atoms with E-state index in [1.165, 1.54) is 6.07 Å². The van der Waals surface area contributed by atoms with Gasteiger partial charge in [-0.3, -0.25) is 0 Å². The van der Waals surface area contributed by atoms with Gasteiger partial charge in [-0.1, -0.05) is 41.4 Å². The molecule has 4 nitrogen and oxygen atoms in total. The lowest BCUT2D eigenvalue weighted by molar-refractivity contribution is 0.0514. The summed E-state index contributed by atoms with van der Waals surface area (Å²) in [5.41, 5.74) is 1.33. The number of rotatable bonds is 3. The monoisotopic (exact) mass is 349 g/mol. The minimum Gasteiger partial charge on any atom is -0.505 e. The molecule has 3 aromatic rings. The van der Waals surface area contributed by atoms with E-state index in [1.807, 2.05) is 30.3 Å². The zero-order chi connectivity index (χ0) is 16.6. The Bertz CT molecular complexity index is 888. The van der Waals surface area contributed by atoms with Gasteiger partial charge < -0.3 is 14.4 Å². The number of hydrogen-bond acceptors (Lipinski definition) is 3. The number of fused-ring (bicyclic) bond motifs is 1. The van der Waals surface area contributed by atoms with Crippen LogP contribution >= 0.6 is 23.2 Å². The quantitative estimate of drug-likeness (QED) is 0.689. The maximum Gasteiger partial charge on any atom is 0.359 e. The van der Waals surface area contributed by atoms with E-state index in [9.17, 15) is 9.90 Å². The molecule has 0 saturated carbocycles. The van der Waals surface area contributed by atoms with Crippen LogP contribution in [0.2, 0.25) is 10.0 Å². The normalized spacial score (nSPS) is 10.9. The third-order valence-electron chi connectivity index (χ3n) is 3.47. The number of hydrogen-bond donors (Lipinski definition) is 1. The van der Waals surface area contributed by atoms with Gasteiger partial charge in [-0.25, -0.2) is 4.79 Å². The number of benzene rings is 2. The molecule has 3 rings (SSSR count). The highest BCUT2D eigenvalue weighted by molar-refractivity contribution is 6.43. The molecule has 0 aliphatic carbocycles. The Labute approximate surface area is 142 Å². The molecule has 0 atom stereocenters. The van der Waals surface area contributed by atoms with E-state index in [-0.39, 0.29) is 18.1 Å². The van der Waals surface area contributed by atoms with E-state index in [0.29, 0.717) is 26.6 Å². The summed E-state index contributed by atoms with van der Waals surface area (Å²) in [6.07, 6.45) is 0. The predicted molar refractivity (Wildman–Crippen MR) is 90.9 cm³/mol. The first-order chi connectivity index (χ1) is 11.0. The summed E-state index contributed by atoms with van der Waals surface area (Å²) in [4.78, 5) is 12.3. The van der Waals surface area contributed by atoms with E-state index in [2.05, 4.69) is 0 Å². The zero-order valence-corrected chi connectivity index (χ0v) is 13.7. The number of carbonyl (C=O) groups excluding carboxylic acids is 1. The van der Waals surface area contributed by atoms with Crippen molar-refractivity contribution in [3.05, 3.63) is 58.2 Å². The minimum absolute atomic E-state index is 0.0476. The van der Waals surface area contributed by atoms with Gasteiger partial charge in [-0.15, -0.1) is 0 Å². The summed E-state index contributed by atoms with van der Waals surface area (Å²) in [6.45, 7) is 1.91. The van der Waals surface area contributed by atoms with Crippen molar-refractivity contribution in [2.75, 3.05) is 6.61 Å². The van der Waals surface area contributed by atoms with Crippen LogP contribution in [0.3, 0.4) is 0 Å². The summed E-state index contributed by atoms with van der Waals surface area (Å²) in [6, 6.07) is 12.3. The highest BCUT2D eigenvalue weighted by atomic mass is 35.5. The van der Waals surface area contributed by atoms with Crippen LogP contribution in [0.1, 0.15) is 17.4 Å². The molecule has 0 fully saturated rings. The first kappa shape index (κ1) is 15.7. The summed E-state index contributed by atoms with van der Waals surface area (Å²) in [7, 11) is 0. The van der Waals surface area contributed by atoms with Crippen LogP contribution in [0.5, 0.6) is 5.75 Å².